The van der Waals surface area contributed by atoms with E-state index in [9.17, 15) is 14.4 Å². The van der Waals surface area contributed by atoms with Crippen molar-refractivity contribution in [1.82, 2.24) is 4.90 Å². The first-order valence-corrected chi connectivity index (χ1v) is 9.55. The fourth-order valence-electron chi connectivity index (χ4n) is 3.61. The van der Waals surface area contributed by atoms with Gasteiger partial charge in [0.25, 0.3) is 0 Å². The van der Waals surface area contributed by atoms with Crippen LogP contribution in [0.3, 0.4) is 0 Å². The minimum Gasteiger partial charge on any atom is -0.467 e. The SMILES string of the molecule is C#CCCC1(CCC=C=C)C[C@@H](C(=O)OC)N(C(=O)OC(C)(C)C)C1OC(C)=O. The maximum absolute atomic E-state index is 13.0. The van der Waals surface area contributed by atoms with E-state index in [1.807, 2.05) is 0 Å². The van der Waals surface area contributed by atoms with Crippen LogP contribution in [0.5, 0.6) is 0 Å². The van der Waals surface area contributed by atoms with Crippen molar-refractivity contribution in [2.75, 3.05) is 7.11 Å². The lowest BCUT2D eigenvalue weighted by Crippen LogP contribution is -2.51. The van der Waals surface area contributed by atoms with Gasteiger partial charge in [-0.2, -0.15) is 0 Å². The maximum atomic E-state index is 13.0. The Morgan fingerprint density at radius 1 is 1.31 bits per heavy atom. The number of likely N-dealkylation sites (tertiary alicyclic amines) is 1. The molecule has 0 aromatic heterocycles. The van der Waals surface area contributed by atoms with Crippen LogP contribution in [0, 0.1) is 17.8 Å². The van der Waals surface area contributed by atoms with Crippen molar-refractivity contribution in [1.29, 1.82) is 0 Å². The summed E-state index contributed by atoms with van der Waals surface area (Å²) in [5.41, 5.74) is 1.18. The summed E-state index contributed by atoms with van der Waals surface area (Å²) in [7, 11) is 1.25. The molecule has 1 heterocycles. The van der Waals surface area contributed by atoms with E-state index in [2.05, 4.69) is 18.2 Å². The van der Waals surface area contributed by atoms with Gasteiger partial charge in [-0.05, 0) is 52.5 Å². The van der Waals surface area contributed by atoms with E-state index in [1.165, 1.54) is 18.9 Å². The minimum absolute atomic E-state index is 0.240. The lowest BCUT2D eigenvalue weighted by molar-refractivity contribution is -0.167. The summed E-state index contributed by atoms with van der Waals surface area (Å²) < 4.78 is 16.0. The predicted octanol–water partition coefficient (Wildman–Crippen LogP) is 3.58. The van der Waals surface area contributed by atoms with Crippen molar-refractivity contribution in [3.63, 3.8) is 0 Å². The number of carbonyl (C=O) groups is 3. The molecule has 1 amide bonds. The smallest absolute Gasteiger partial charge is 0.413 e. The second-order valence-electron chi connectivity index (χ2n) is 8.11. The summed E-state index contributed by atoms with van der Waals surface area (Å²) in [6.07, 6.45) is 7.66. The molecule has 0 bridgehead atoms. The minimum atomic E-state index is -1.01. The van der Waals surface area contributed by atoms with Crippen molar-refractivity contribution in [2.24, 2.45) is 5.41 Å². The molecule has 3 atom stereocenters. The van der Waals surface area contributed by atoms with E-state index in [0.29, 0.717) is 25.7 Å². The first-order chi connectivity index (χ1) is 13.5. The third-order valence-corrected chi connectivity index (χ3v) is 4.77. The van der Waals surface area contributed by atoms with Gasteiger partial charge in [0.05, 0.1) is 7.11 Å². The Hall–Kier alpha value is -2.71. The molecule has 160 valence electrons. The quantitative estimate of drug-likeness (QED) is 0.279. The number of hydrogen-bond acceptors (Lipinski definition) is 6. The monoisotopic (exact) mass is 405 g/mol. The maximum Gasteiger partial charge on any atom is 0.413 e. The first-order valence-electron chi connectivity index (χ1n) is 9.55. The molecule has 7 heteroatoms. The molecular weight excluding hydrogens is 374 g/mol. The highest BCUT2D eigenvalue weighted by Gasteiger charge is 2.58. The van der Waals surface area contributed by atoms with Crippen LogP contribution in [0.15, 0.2) is 18.4 Å². The Morgan fingerprint density at radius 2 is 1.97 bits per heavy atom. The number of methoxy groups -OCH3 is 1. The van der Waals surface area contributed by atoms with Crippen molar-refractivity contribution in [3.05, 3.63) is 18.4 Å². The zero-order valence-corrected chi connectivity index (χ0v) is 17.9. The van der Waals surface area contributed by atoms with Gasteiger partial charge in [0.2, 0.25) is 0 Å². The predicted molar refractivity (Wildman–Crippen MR) is 107 cm³/mol. The van der Waals surface area contributed by atoms with E-state index in [-0.39, 0.29) is 6.42 Å². The molecule has 1 fully saturated rings. The number of hydrogen-bond donors (Lipinski definition) is 0. The van der Waals surface area contributed by atoms with Crippen LogP contribution in [-0.2, 0) is 23.8 Å². The zero-order valence-electron chi connectivity index (χ0n) is 17.9. The summed E-state index contributed by atoms with van der Waals surface area (Å²) in [5, 5.41) is 0. The fourth-order valence-corrected chi connectivity index (χ4v) is 3.61. The molecule has 0 N–H and O–H groups in total. The molecule has 1 aliphatic heterocycles. The molecule has 0 aromatic rings. The molecule has 0 aliphatic carbocycles. The van der Waals surface area contributed by atoms with Gasteiger partial charge in [-0.3, -0.25) is 9.69 Å². The van der Waals surface area contributed by atoms with Crippen molar-refractivity contribution in [2.45, 2.75) is 77.7 Å². The summed E-state index contributed by atoms with van der Waals surface area (Å²) in [6, 6.07) is -0.954. The van der Waals surface area contributed by atoms with Gasteiger partial charge in [0.1, 0.15) is 11.6 Å². The van der Waals surface area contributed by atoms with Crippen LogP contribution in [0.2, 0.25) is 0 Å². The van der Waals surface area contributed by atoms with Gasteiger partial charge in [0.15, 0.2) is 6.23 Å². The van der Waals surface area contributed by atoms with E-state index in [4.69, 9.17) is 20.6 Å². The Balaban J connectivity index is 3.49. The number of terminal acetylenes is 1. The lowest BCUT2D eigenvalue weighted by Gasteiger charge is -2.37. The third kappa shape index (κ3) is 6.40. The molecule has 1 aliphatic rings. The molecule has 29 heavy (non-hydrogen) atoms. The molecule has 1 saturated heterocycles. The van der Waals surface area contributed by atoms with Crippen molar-refractivity contribution < 1.29 is 28.6 Å². The number of carbonyl (C=O) groups excluding carboxylic acids is 3. The summed E-state index contributed by atoms with van der Waals surface area (Å²) >= 11 is 0. The zero-order chi connectivity index (χ0) is 22.2. The second kappa shape index (κ2) is 10.2. The fraction of sp³-hybridized carbons (Fsp3) is 0.636. The molecule has 1 rings (SSSR count). The number of nitrogens with zero attached hydrogens (tertiary/aromatic N) is 1. The van der Waals surface area contributed by atoms with E-state index in [0.717, 1.165) is 0 Å². The molecular formula is C22H31NO6. The topological polar surface area (TPSA) is 82.1 Å². The van der Waals surface area contributed by atoms with Gasteiger partial charge >= 0.3 is 18.0 Å². The number of rotatable bonds is 7. The van der Waals surface area contributed by atoms with Crippen LogP contribution >= 0.6 is 0 Å². The van der Waals surface area contributed by atoms with Crippen molar-refractivity contribution >= 4 is 18.0 Å². The largest absolute Gasteiger partial charge is 0.467 e. The Morgan fingerprint density at radius 3 is 2.45 bits per heavy atom. The summed E-state index contributed by atoms with van der Waals surface area (Å²) in [5.74, 6) is 1.42. The van der Waals surface area contributed by atoms with Crippen LogP contribution < -0.4 is 0 Å². The molecule has 0 saturated carbocycles. The molecule has 0 aromatic carbocycles. The highest BCUT2D eigenvalue weighted by atomic mass is 16.6. The summed E-state index contributed by atoms with van der Waals surface area (Å²) in [4.78, 5) is 38.6. The van der Waals surface area contributed by atoms with Gasteiger partial charge in [-0.15, -0.1) is 18.1 Å². The van der Waals surface area contributed by atoms with E-state index < -0.39 is 41.3 Å². The number of amides is 1. The van der Waals surface area contributed by atoms with Gasteiger partial charge < -0.3 is 14.2 Å². The normalized spacial score (nSPS) is 23.5. The van der Waals surface area contributed by atoms with Gasteiger partial charge in [0, 0.05) is 18.8 Å². The van der Waals surface area contributed by atoms with Gasteiger partial charge in [-0.25, -0.2) is 9.59 Å². The average Bonchev–Trinajstić information content (AvgIpc) is 2.92. The van der Waals surface area contributed by atoms with Crippen LogP contribution in [0.25, 0.3) is 0 Å². The average molecular weight is 405 g/mol. The van der Waals surface area contributed by atoms with Crippen molar-refractivity contribution in [3.8, 4) is 12.3 Å². The first kappa shape index (κ1) is 24.3. The highest BCUT2D eigenvalue weighted by Crippen LogP contribution is 2.49. The molecule has 2 unspecified atom stereocenters. The third-order valence-electron chi connectivity index (χ3n) is 4.77. The number of esters is 2. The van der Waals surface area contributed by atoms with Crippen LogP contribution in [-0.4, -0.2) is 47.9 Å². The number of allylic oxidation sites excluding steroid dienone is 1. The standard InChI is InChI=1S/C22H31NO6/c1-8-10-12-14-22(13-11-9-2)15-17(18(25)27-7)23(19(22)28-16(3)24)20(26)29-21(4,5)6/h2,10,17,19H,1,11-15H2,3-7H3/t17-,19?,22?/m0/s1. The highest BCUT2D eigenvalue weighted by molar-refractivity contribution is 5.83. The van der Waals surface area contributed by atoms with E-state index >= 15 is 0 Å². The molecule has 7 nitrogen and oxygen atoms in total. The molecule has 0 spiro atoms. The Kier molecular flexibility index (Phi) is 8.54. The lowest BCUT2D eigenvalue weighted by atomic mass is 9.75. The Bertz CT molecular complexity index is 710. The summed E-state index contributed by atoms with van der Waals surface area (Å²) in [6.45, 7) is 9.97. The van der Waals surface area contributed by atoms with Crippen LogP contribution in [0.1, 0.15) is 59.8 Å². The molecule has 0 radical (unpaired) electrons. The van der Waals surface area contributed by atoms with Crippen LogP contribution in [0.4, 0.5) is 4.79 Å². The second-order valence-corrected chi connectivity index (χ2v) is 8.11. The number of ether oxygens (including phenoxy) is 3. The Labute approximate surface area is 173 Å². The van der Waals surface area contributed by atoms with E-state index in [1.54, 1.807) is 26.8 Å². The van der Waals surface area contributed by atoms with Gasteiger partial charge in [-0.1, -0.05) is 6.58 Å².